The monoisotopic (exact) mass is 310 g/mol. The minimum absolute atomic E-state index is 0.247. The molecule has 1 aromatic rings. The van der Waals surface area contributed by atoms with Gasteiger partial charge in [-0.3, -0.25) is 0 Å². The van der Waals surface area contributed by atoms with Crippen molar-refractivity contribution in [2.24, 2.45) is 0 Å². The zero-order valence-corrected chi connectivity index (χ0v) is 13.6. The molecule has 0 aromatic carbocycles. The van der Waals surface area contributed by atoms with Crippen LogP contribution in [0.15, 0.2) is 5.03 Å². The molecule has 5 nitrogen and oxygen atoms in total. The van der Waals surface area contributed by atoms with Crippen molar-refractivity contribution in [3.63, 3.8) is 0 Å². The van der Waals surface area contributed by atoms with Crippen LogP contribution in [-0.4, -0.2) is 39.5 Å². The average molecular weight is 310 g/mol. The van der Waals surface area contributed by atoms with Crippen LogP contribution in [0.2, 0.25) is 0 Å². The van der Waals surface area contributed by atoms with E-state index in [-0.39, 0.29) is 11.7 Å². The van der Waals surface area contributed by atoms with Crippen molar-refractivity contribution in [1.29, 1.82) is 0 Å². The molecular formula is C15H22N2O3S. The number of methoxy groups -OCH3 is 1. The van der Waals surface area contributed by atoms with Crippen LogP contribution >= 0.6 is 11.8 Å². The Bertz CT molecular complexity index is 522. The summed E-state index contributed by atoms with van der Waals surface area (Å²) in [7, 11) is 1.74. The Morgan fingerprint density at radius 3 is 2.81 bits per heavy atom. The highest BCUT2D eigenvalue weighted by molar-refractivity contribution is 7.99. The Morgan fingerprint density at radius 2 is 2.19 bits per heavy atom. The van der Waals surface area contributed by atoms with E-state index >= 15 is 0 Å². The number of hydrogen-bond donors (Lipinski definition) is 1. The first-order chi connectivity index (χ1) is 10.0. The highest BCUT2D eigenvalue weighted by Crippen LogP contribution is 2.35. The van der Waals surface area contributed by atoms with Crippen molar-refractivity contribution in [2.75, 3.05) is 7.11 Å². The third-order valence-corrected chi connectivity index (χ3v) is 5.10. The second-order valence-electron chi connectivity index (χ2n) is 5.33. The number of carboxylic acid groups (broad SMARTS) is 1. The summed E-state index contributed by atoms with van der Waals surface area (Å²) in [4.78, 5) is 20.2. The van der Waals surface area contributed by atoms with Gasteiger partial charge in [-0.2, -0.15) is 0 Å². The maximum Gasteiger partial charge on any atom is 0.340 e. The van der Waals surface area contributed by atoms with Crippen LogP contribution in [0.5, 0.6) is 0 Å². The van der Waals surface area contributed by atoms with Crippen LogP contribution < -0.4 is 0 Å². The van der Waals surface area contributed by atoms with Crippen LogP contribution in [0.3, 0.4) is 0 Å². The molecule has 116 valence electrons. The Morgan fingerprint density at radius 1 is 1.43 bits per heavy atom. The maximum atomic E-state index is 11.5. The number of ether oxygens (including phenoxy) is 1. The summed E-state index contributed by atoms with van der Waals surface area (Å²) in [6, 6.07) is 0. The summed E-state index contributed by atoms with van der Waals surface area (Å²) in [6.07, 6.45) is 5.21. The molecule has 1 aliphatic rings. The topological polar surface area (TPSA) is 72.3 Å². The lowest BCUT2D eigenvalue weighted by Gasteiger charge is -2.27. The third-order valence-electron chi connectivity index (χ3n) is 3.82. The Kier molecular flexibility index (Phi) is 5.58. The molecule has 1 saturated carbocycles. The molecule has 0 spiro atoms. The van der Waals surface area contributed by atoms with E-state index in [2.05, 4.69) is 9.97 Å². The normalized spacial score (nSPS) is 22.2. The smallest absolute Gasteiger partial charge is 0.340 e. The highest BCUT2D eigenvalue weighted by atomic mass is 32.2. The summed E-state index contributed by atoms with van der Waals surface area (Å²) < 4.78 is 5.44. The van der Waals surface area contributed by atoms with Crippen LogP contribution in [0.25, 0.3) is 0 Å². The quantitative estimate of drug-likeness (QED) is 0.843. The number of aryl methyl sites for hydroxylation is 2. The molecule has 2 rings (SSSR count). The molecule has 2 unspecified atom stereocenters. The lowest BCUT2D eigenvalue weighted by Crippen LogP contribution is -2.23. The number of rotatable bonds is 5. The van der Waals surface area contributed by atoms with Crippen molar-refractivity contribution >= 4 is 17.7 Å². The standard InChI is InChI=1S/C15H22N2O3S/c1-4-12-16-9(2)13(15(18)19)14(17-12)21-11-7-5-6-10(8-11)20-3/h10-11H,4-8H2,1-3H3,(H,18,19). The third kappa shape index (κ3) is 3.95. The van der Waals surface area contributed by atoms with Gasteiger partial charge in [0.1, 0.15) is 16.4 Å². The van der Waals surface area contributed by atoms with Gasteiger partial charge in [-0.15, -0.1) is 11.8 Å². The van der Waals surface area contributed by atoms with Gasteiger partial charge < -0.3 is 9.84 Å². The van der Waals surface area contributed by atoms with E-state index in [0.717, 1.165) is 25.7 Å². The fourth-order valence-electron chi connectivity index (χ4n) is 2.67. The second-order valence-corrected chi connectivity index (χ2v) is 6.62. The SMILES string of the molecule is CCc1nc(C)c(C(=O)O)c(SC2CCCC(OC)C2)n1. The van der Waals surface area contributed by atoms with Gasteiger partial charge in [0, 0.05) is 18.8 Å². The van der Waals surface area contributed by atoms with Crippen molar-refractivity contribution in [3.05, 3.63) is 17.1 Å². The van der Waals surface area contributed by atoms with E-state index in [1.807, 2.05) is 6.92 Å². The van der Waals surface area contributed by atoms with Gasteiger partial charge in [-0.1, -0.05) is 6.92 Å². The van der Waals surface area contributed by atoms with E-state index < -0.39 is 5.97 Å². The first-order valence-electron chi connectivity index (χ1n) is 7.35. The van der Waals surface area contributed by atoms with E-state index in [9.17, 15) is 9.90 Å². The second kappa shape index (κ2) is 7.22. The first-order valence-corrected chi connectivity index (χ1v) is 8.23. The van der Waals surface area contributed by atoms with Gasteiger partial charge in [0.25, 0.3) is 0 Å². The molecule has 21 heavy (non-hydrogen) atoms. The number of hydrogen-bond acceptors (Lipinski definition) is 5. The van der Waals surface area contributed by atoms with Crippen LogP contribution in [0, 0.1) is 6.92 Å². The Hall–Kier alpha value is -1.14. The number of carbonyl (C=O) groups is 1. The maximum absolute atomic E-state index is 11.5. The van der Waals surface area contributed by atoms with Crippen LogP contribution in [-0.2, 0) is 11.2 Å². The summed E-state index contributed by atoms with van der Waals surface area (Å²) in [5.74, 6) is -0.240. The fraction of sp³-hybridized carbons (Fsp3) is 0.667. The van der Waals surface area contributed by atoms with Gasteiger partial charge in [-0.05, 0) is 32.6 Å². The van der Waals surface area contributed by atoms with Crippen molar-refractivity contribution < 1.29 is 14.6 Å². The van der Waals surface area contributed by atoms with Gasteiger partial charge in [0.15, 0.2) is 0 Å². The first kappa shape index (κ1) is 16.2. The predicted octanol–water partition coefficient (Wildman–Crippen LogP) is 3.10. The number of aromatic nitrogens is 2. The number of carboxylic acids is 1. The molecule has 1 heterocycles. The van der Waals surface area contributed by atoms with Gasteiger partial charge in [0.2, 0.25) is 0 Å². The molecular weight excluding hydrogens is 288 g/mol. The Balaban J connectivity index is 2.25. The number of nitrogens with zero attached hydrogens (tertiary/aromatic N) is 2. The summed E-state index contributed by atoms with van der Waals surface area (Å²) in [5, 5.41) is 10.4. The molecule has 0 bridgehead atoms. The molecule has 0 aliphatic heterocycles. The van der Waals surface area contributed by atoms with Gasteiger partial charge in [-0.25, -0.2) is 14.8 Å². The summed E-state index contributed by atoms with van der Waals surface area (Å²) in [5.41, 5.74) is 0.799. The van der Waals surface area contributed by atoms with Crippen molar-refractivity contribution in [2.45, 2.75) is 62.3 Å². The fourth-order valence-corrected chi connectivity index (χ4v) is 4.10. The zero-order valence-electron chi connectivity index (χ0n) is 12.8. The minimum Gasteiger partial charge on any atom is -0.478 e. The average Bonchev–Trinajstić information content (AvgIpc) is 2.46. The predicted molar refractivity (Wildman–Crippen MR) is 82.0 cm³/mol. The van der Waals surface area contributed by atoms with E-state index in [0.29, 0.717) is 28.2 Å². The summed E-state index contributed by atoms with van der Waals surface area (Å²) >= 11 is 1.57. The molecule has 1 aromatic heterocycles. The molecule has 2 atom stereocenters. The highest BCUT2D eigenvalue weighted by Gasteiger charge is 2.26. The zero-order chi connectivity index (χ0) is 15.4. The molecule has 1 fully saturated rings. The summed E-state index contributed by atoms with van der Waals surface area (Å²) in [6.45, 7) is 3.72. The van der Waals surface area contributed by atoms with Crippen LogP contribution in [0.4, 0.5) is 0 Å². The van der Waals surface area contributed by atoms with Gasteiger partial charge >= 0.3 is 5.97 Å². The number of aromatic carboxylic acids is 1. The van der Waals surface area contributed by atoms with E-state index in [1.165, 1.54) is 0 Å². The van der Waals surface area contributed by atoms with Gasteiger partial charge in [0.05, 0.1) is 11.8 Å². The molecule has 0 amide bonds. The lowest BCUT2D eigenvalue weighted by molar-refractivity contribution is 0.0690. The van der Waals surface area contributed by atoms with Crippen molar-refractivity contribution in [1.82, 2.24) is 9.97 Å². The van der Waals surface area contributed by atoms with E-state index in [4.69, 9.17) is 4.74 Å². The van der Waals surface area contributed by atoms with Crippen LogP contribution in [0.1, 0.15) is 54.5 Å². The molecule has 0 saturated heterocycles. The minimum atomic E-state index is -0.947. The number of thioether (sulfide) groups is 1. The van der Waals surface area contributed by atoms with E-state index in [1.54, 1.807) is 25.8 Å². The largest absolute Gasteiger partial charge is 0.478 e. The molecule has 6 heteroatoms. The molecule has 0 radical (unpaired) electrons. The molecule has 1 N–H and O–H groups in total. The molecule has 1 aliphatic carbocycles. The van der Waals surface area contributed by atoms with Crippen molar-refractivity contribution in [3.8, 4) is 0 Å². The lowest BCUT2D eigenvalue weighted by atomic mass is 9.97. The Labute approximate surface area is 129 Å².